The second kappa shape index (κ2) is 5.52. The summed E-state index contributed by atoms with van der Waals surface area (Å²) in [5.74, 6) is -0.872. The van der Waals surface area contributed by atoms with Crippen molar-refractivity contribution < 1.29 is 26.7 Å². The van der Waals surface area contributed by atoms with Gasteiger partial charge in [0.15, 0.2) is 0 Å². The van der Waals surface area contributed by atoms with E-state index in [9.17, 15) is 0 Å². The number of rotatable bonds is 1. The molecule has 27 heavy (non-hydrogen) atoms. The van der Waals surface area contributed by atoms with Crippen molar-refractivity contribution in [1.82, 2.24) is 0 Å². The third-order valence-corrected chi connectivity index (χ3v) is 4.46. The fraction of sp³-hybridized carbons (Fsp3) is 0. The maximum absolute atomic E-state index is 8.89. The fourth-order valence-electron chi connectivity index (χ4n) is 3.44. The van der Waals surface area contributed by atoms with Gasteiger partial charge in [-0.15, -0.1) is 0 Å². The molecule has 4 aromatic rings. The molecule has 0 fully saturated rings. The number of fused-ring (bicyclic) bond motifs is 4. The van der Waals surface area contributed by atoms with E-state index in [1.807, 2.05) is 0 Å². The number of anilines is 3. The molecule has 0 aromatic heterocycles. The average Bonchev–Trinajstić information content (AvgIpc) is 2.99. The zero-order valence-corrected chi connectivity index (χ0v) is 13.4. The highest BCUT2D eigenvalue weighted by Crippen LogP contribution is 2.39. The van der Waals surface area contributed by atoms with E-state index in [1.165, 1.54) is 0 Å². The van der Waals surface area contributed by atoms with Crippen LogP contribution < -0.4 is 26.0 Å². The molecule has 2 aliphatic rings. The van der Waals surface area contributed by atoms with Crippen molar-refractivity contribution in [2.45, 2.75) is 0 Å². The SMILES string of the molecule is [2H]c1c([2H])c([2H])c(N2c3c([2H])c([2H])c([2H])c([2H])c3B3c4c([2H])c([2H])c([2H])c([2H])c4Oc4c([2H])c([2H])c([2H])c2c43)c([2H])c1[2H]. The Kier molecular flexibility index (Phi) is 1.23. The number of nitrogens with zero attached hydrogens (tertiary/aromatic N) is 1. The molecule has 0 atom stereocenters. The van der Waals surface area contributed by atoms with Crippen LogP contribution in [-0.4, -0.2) is 6.71 Å². The summed E-state index contributed by atoms with van der Waals surface area (Å²) in [5.41, 5.74) is -2.16. The van der Waals surface area contributed by atoms with Crippen LogP contribution in [0.4, 0.5) is 17.1 Å². The number of ether oxygens (including phenoxy) is 1. The maximum Gasteiger partial charge on any atom is 0.256 e. The second-order valence-electron chi connectivity index (χ2n) is 5.82. The molecular weight excluding hydrogens is 329 g/mol. The van der Waals surface area contributed by atoms with Gasteiger partial charge in [-0.05, 0) is 52.6 Å². The predicted octanol–water partition coefficient (Wildman–Crippen LogP) is 4.09. The van der Waals surface area contributed by atoms with Crippen molar-refractivity contribution in [2.75, 3.05) is 4.90 Å². The van der Waals surface area contributed by atoms with Crippen molar-refractivity contribution in [2.24, 2.45) is 0 Å². The van der Waals surface area contributed by atoms with Crippen LogP contribution in [0.1, 0.15) is 21.9 Å². The quantitative estimate of drug-likeness (QED) is 0.409. The summed E-state index contributed by atoms with van der Waals surface area (Å²) in [6.45, 7) is -1.49. The Morgan fingerprint density at radius 3 is 2.19 bits per heavy atom. The molecule has 0 unspecified atom stereocenters. The topological polar surface area (TPSA) is 12.5 Å². The van der Waals surface area contributed by atoms with Gasteiger partial charge in [-0.2, -0.15) is 0 Å². The third kappa shape index (κ3) is 2.03. The van der Waals surface area contributed by atoms with Crippen LogP contribution in [0.25, 0.3) is 0 Å². The van der Waals surface area contributed by atoms with Gasteiger partial charge in [-0.25, -0.2) is 0 Å². The maximum atomic E-state index is 8.89. The molecule has 0 spiro atoms. The highest BCUT2D eigenvalue weighted by Gasteiger charge is 2.41. The van der Waals surface area contributed by atoms with Gasteiger partial charge in [-0.1, -0.05) is 60.4 Å². The van der Waals surface area contributed by atoms with E-state index in [0.717, 1.165) is 4.90 Å². The molecule has 6 rings (SSSR count). The lowest BCUT2D eigenvalue weighted by Gasteiger charge is -2.39. The highest BCUT2D eigenvalue weighted by atomic mass is 16.5. The zero-order valence-electron chi connectivity index (χ0n) is 29.4. The summed E-state index contributed by atoms with van der Waals surface area (Å²) in [6.07, 6.45) is 0. The number of hydrogen-bond acceptors (Lipinski definition) is 2. The van der Waals surface area contributed by atoms with Crippen LogP contribution in [0, 0.1) is 0 Å². The minimum atomic E-state index is -1.49. The number of para-hydroxylation sites is 3. The molecule has 0 saturated heterocycles. The first kappa shape index (κ1) is 6.03. The van der Waals surface area contributed by atoms with Crippen LogP contribution in [-0.2, 0) is 0 Å². The standard InChI is InChI=1S/C24H16BNO/c1-2-9-17(10-3-1)26-20-13-6-4-11-18(20)25-19-12-5-7-15-22(19)27-23-16-8-14-21(26)24(23)25/h1-16H/i1D,2D,3D,4D,5D,6D,7D,8D,9D,10D,11D,12D,13D,14D,15D,16D. The van der Waals surface area contributed by atoms with Crippen molar-refractivity contribution in [1.29, 1.82) is 0 Å². The third-order valence-electron chi connectivity index (χ3n) is 4.46. The van der Waals surface area contributed by atoms with E-state index in [1.54, 1.807) is 0 Å². The summed E-state index contributed by atoms with van der Waals surface area (Å²) in [7, 11) is 0. The van der Waals surface area contributed by atoms with E-state index in [4.69, 9.17) is 26.7 Å². The first-order valence-electron chi connectivity index (χ1n) is 15.9. The second-order valence-corrected chi connectivity index (χ2v) is 5.82. The molecule has 3 heteroatoms. The van der Waals surface area contributed by atoms with Gasteiger partial charge in [-0.3, -0.25) is 0 Å². The van der Waals surface area contributed by atoms with Crippen molar-refractivity contribution in [3.05, 3.63) is 96.7 Å². The summed E-state index contributed by atoms with van der Waals surface area (Å²) in [6, 6.07) is -11.4. The smallest absolute Gasteiger partial charge is 0.256 e. The molecule has 126 valence electrons. The minimum absolute atomic E-state index is 0.187. The normalized spacial score (nSPS) is 21.6. The summed E-state index contributed by atoms with van der Waals surface area (Å²) >= 11 is 0. The van der Waals surface area contributed by atoms with Gasteiger partial charge in [0, 0.05) is 17.1 Å². The Morgan fingerprint density at radius 2 is 1.30 bits per heavy atom. The monoisotopic (exact) mass is 361 g/mol. The van der Waals surface area contributed by atoms with Crippen molar-refractivity contribution in [3.63, 3.8) is 0 Å². The Bertz CT molecular complexity index is 1950. The fourth-order valence-corrected chi connectivity index (χ4v) is 3.44. The lowest BCUT2D eigenvalue weighted by atomic mass is 9.34. The van der Waals surface area contributed by atoms with Gasteiger partial charge >= 0.3 is 0 Å². The van der Waals surface area contributed by atoms with E-state index in [2.05, 4.69) is 0 Å². The largest absolute Gasteiger partial charge is 0.458 e. The molecule has 2 nitrogen and oxygen atoms in total. The molecule has 0 amide bonds. The summed E-state index contributed by atoms with van der Waals surface area (Å²) in [5, 5.41) is 0. The number of benzene rings is 4. The molecule has 0 N–H and O–H groups in total. The van der Waals surface area contributed by atoms with E-state index in [0.29, 0.717) is 0 Å². The highest BCUT2D eigenvalue weighted by molar-refractivity contribution is 6.99. The van der Waals surface area contributed by atoms with Crippen LogP contribution >= 0.6 is 0 Å². The van der Waals surface area contributed by atoms with Gasteiger partial charge in [0.05, 0.1) is 21.9 Å². The lowest BCUT2D eigenvalue weighted by Crippen LogP contribution is -2.59. The van der Waals surface area contributed by atoms with Crippen LogP contribution in [0.15, 0.2) is 96.7 Å². The van der Waals surface area contributed by atoms with Crippen molar-refractivity contribution in [3.8, 4) is 11.5 Å². The molecule has 2 aliphatic heterocycles. The molecular formula is C24H16BNO. The Balaban J connectivity index is 1.92. The van der Waals surface area contributed by atoms with Gasteiger partial charge in [0.25, 0.3) is 6.71 Å². The number of hydrogen-bond donors (Lipinski definition) is 0. The molecule has 0 saturated carbocycles. The van der Waals surface area contributed by atoms with Gasteiger partial charge in [0.2, 0.25) is 0 Å². The Hall–Kier alpha value is -3.46. The first-order chi connectivity index (χ1) is 20.1. The predicted molar refractivity (Wildman–Crippen MR) is 112 cm³/mol. The zero-order chi connectivity index (χ0) is 31.7. The molecule has 0 bridgehead atoms. The summed E-state index contributed by atoms with van der Waals surface area (Å²) in [4.78, 5) is 0.878. The van der Waals surface area contributed by atoms with E-state index in [-0.39, 0.29) is 16.4 Å². The van der Waals surface area contributed by atoms with E-state index < -0.39 is 132 Å². The van der Waals surface area contributed by atoms with E-state index >= 15 is 0 Å². The Labute approximate surface area is 181 Å². The molecule has 0 aliphatic carbocycles. The van der Waals surface area contributed by atoms with Gasteiger partial charge < -0.3 is 9.64 Å². The first-order valence-corrected chi connectivity index (χ1v) is 7.95. The van der Waals surface area contributed by atoms with Crippen molar-refractivity contribution >= 4 is 40.2 Å². The minimum Gasteiger partial charge on any atom is -0.458 e. The molecule has 0 radical (unpaired) electrons. The van der Waals surface area contributed by atoms with Crippen LogP contribution in [0.2, 0.25) is 0 Å². The molecule has 4 aromatic carbocycles. The van der Waals surface area contributed by atoms with Crippen LogP contribution in [0.5, 0.6) is 11.5 Å². The molecule has 2 heterocycles. The Morgan fingerprint density at radius 1 is 0.630 bits per heavy atom. The average molecular weight is 361 g/mol. The summed E-state index contributed by atoms with van der Waals surface area (Å²) < 4.78 is 142. The lowest BCUT2D eigenvalue weighted by molar-refractivity contribution is 0.487. The van der Waals surface area contributed by atoms with Crippen LogP contribution in [0.3, 0.4) is 0 Å². The van der Waals surface area contributed by atoms with Gasteiger partial charge in [0.1, 0.15) is 11.5 Å².